The van der Waals surface area contributed by atoms with Crippen molar-refractivity contribution in [1.82, 2.24) is 10.2 Å². The van der Waals surface area contributed by atoms with Crippen LogP contribution in [0.3, 0.4) is 0 Å². The van der Waals surface area contributed by atoms with E-state index in [1.165, 1.54) is 31.5 Å². The van der Waals surface area contributed by atoms with E-state index in [4.69, 9.17) is 4.74 Å². The largest absolute Gasteiger partial charge is 0.457 e. The molecule has 3 aromatic carbocycles. The molecule has 3 aromatic rings. The Hall–Kier alpha value is -3.44. The molecular weight excluding hydrogens is 460 g/mol. The number of esters is 1. The fraction of sp³-hybridized carbons (Fsp3) is 0.375. The molecule has 2 aliphatic rings. The van der Waals surface area contributed by atoms with Gasteiger partial charge in [-0.15, -0.1) is 0 Å². The van der Waals surface area contributed by atoms with Gasteiger partial charge in [-0.25, -0.2) is 4.79 Å². The standard InChI is InChI=1S/C32H36N2O3/c35-30(29-16-8-7-15-27(29)24-37-31(36)26-13-5-2-6-14-26)33-28-17-19-32(20-18-28,34-21-9-10-22-34)23-25-11-3-1-4-12-25/h1-8,11-16,28H,9-10,17-24H2,(H,33,35). The van der Waals surface area contributed by atoms with Crippen molar-refractivity contribution >= 4 is 11.9 Å². The van der Waals surface area contributed by atoms with E-state index in [-0.39, 0.29) is 30.1 Å². The summed E-state index contributed by atoms with van der Waals surface area (Å²) >= 11 is 0. The van der Waals surface area contributed by atoms with Gasteiger partial charge in [-0.1, -0.05) is 66.7 Å². The monoisotopic (exact) mass is 496 g/mol. The normalized spacial score (nSPS) is 21.9. The van der Waals surface area contributed by atoms with E-state index in [0.717, 1.165) is 37.7 Å². The van der Waals surface area contributed by atoms with Crippen LogP contribution in [0, 0.1) is 0 Å². The zero-order valence-corrected chi connectivity index (χ0v) is 21.4. The van der Waals surface area contributed by atoms with Crippen molar-refractivity contribution in [3.8, 4) is 0 Å². The van der Waals surface area contributed by atoms with Crippen LogP contribution in [0.2, 0.25) is 0 Å². The maximum Gasteiger partial charge on any atom is 0.338 e. The van der Waals surface area contributed by atoms with Crippen molar-refractivity contribution in [3.63, 3.8) is 0 Å². The number of carbonyl (C=O) groups excluding carboxylic acids is 2. The van der Waals surface area contributed by atoms with Gasteiger partial charge in [0.2, 0.25) is 0 Å². The van der Waals surface area contributed by atoms with Gasteiger partial charge in [0.15, 0.2) is 0 Å². The molecule has 1 heterocycles. The minimum Gasteiger partial charge on any atom is -0.457 e. The highest BCUT2D eigenvalue weighted by Crippen LogP contribution is 2.39. The summed E-state index contributed by atoms with van der Waals surface area (Å²) in [5, 5.41) is 3.29. The fourth-order valence-corrected chi connectivity index (χ4v) is 6.00. The first-order chi connectivity index (χ1) is 18.1. The maximum absolute atomic E-state index is 13.3. The van der Waals surface area contributed by atoms with Crippen LogP contribution < -0.4 is 5.32 Å². The predicted molar refractivity (Wildman–Crippen MR) is 145 cm³/mol. The minimum atomic E-state index is -0.389. The third kappa shape index (κ3) is 6.11. The third-order valence-corrected chi connectivity index (χ3v) is 8.03. The predicted octanol–water partition coefficient (Wildman–Crippen LogP) is 5.79. The smallest absolute Gasteiger partial charge is 0.338 e. The van der Waals surface area contributed by atoms with Crippen molar-refractivity contribution in [1.29, 1.82) is 0 Å². The first-order valence-electron chi connectivity index (χ1n) is 13.5. The van der Waals surface area contributed by atoms with Gasteiger partial charge in [-0.05, 0) is 81.8 Å². The zero-order valence-electron chi connectivity index (χ0n) is 21.4. The molecule has 5 heteroatoms. The number of nitrogens with one attached hydrogen (secondary N) is 1. The van der Waals surface area contributed by atoms with Crippen molar-refractivity contribution in [2.45, 2.75) is 63.1 Å². The second-order valence-electron chi connectivity index (χ2n) is 10.4. The Morgan fingerprint density at radius 3 is 2.16 bits per heavy atom. The molecule has 5 nitrogen and oxygen atoms in total. The Morgan fingerprint density at radius 2 is 1.46 bits per heavy atom. The molecule has 1 amide bonds. The quantitative estimate of drug-likeness (QED) is 0.401. The molecule has 1 saturated carbocycles. The Labute approximate surface area is 219 Å². The van der Waals surface area contributed by atoms with Crippen LogP contribution in [0.15, 0.2) is 84.9 Å². The third-order valence-electron chi connectivity index (χ3n) is 8.03. The molecule has 5 rings (SSSR count). The lowest BCUT2D eigenvalue weighted by Crippen LogP contribution is -2.54. The number of rotatable bonds is 8. The lowest BCUT2D eigenvalue weighted by atomic mass is 9.74. The van der Waals surface area contributed by atoms with Crippen LogP contribution in [0.25, 0.3) is 0 Å². The Morgan fingerprint density at radius 1 is 0.838 bits per heavy atom. The van der Waals surface area contributed by atoms with E-state index in [0.29, 0.717) is 11.1 Å². The van der Waals surface area contributed by atoms with Crippen molar-refractivity contribution < 1.29 is 14.3 Å². The van der Waals surface area contributed by atoms with Gasteiger partial charge in [0.25, 0.3) is 5.91 Å². The molecule has 0 radical (unpaired) electrons. The lowest BCUT2D eigenvalue weighted by Gasteiger charge is -2.47. The SMILES string of the molecule is O=C(OCc1ccccc1C(=O)NC1CCC(Cc2ccccc2)(N2CCCC2)CC1)c1ccccc1. The van der Waals surface area contributed by atoms with Gasteiger partial charge in [0.1, 0.15) is 6.61 Å². The summed E-state index contributed by atoms with van der Waals surface area (Å²) in [4.78, 5) is 28.4. The average molecular weight is 497 g/mol. The number of amides is 1. The van der Waals surface area contributed by atoms with Crippen LogP contribution in [-0.2, 0) is 17.8 Å². The van der Waals surface area contributed by atoms with E-state index in [1.807, 2.05) is 30.3 Å². The van der Waals surface area contributed by atoms with Gasteiger partial charge < -0.3 is 10.1 Å². The summed E-state index contributed by atoms with van der Waals surface area (Å²) in [6.45, 7) is 2.43. The van der Waals surface area contributed by atoms with Crippen LogP contribution >= 0.6 is 0 Å². The van der Waals surface area contributed by atoms with E-state index in [9.17, 15) is 9.59 Å². The molecule has 0 spiro atoms. The van der Waals surface area contributed by atoms with E-state index >= 15 is 0 Å². The highest BCUT2D eigenvalue weighted by atomic mass is 16.5. The molecule has 2 fully saturated rings. The molecule has 0 bridgehead atoms. The number of carbonyl (C=O) groups is 2. The Kier molecular flexibility index (Phi) is 8.00. The molecule has 37 heavy (non-hydrogen) atoms. The molecule has 0 unspecified atom stereocenters. The number of benzene rings is 3. The van der Waals surface area contributed by atoms with Crippen LogP contribution in [0.1, 0.15) is 70.4 Å². The summed E-state index contributed by atoms with van der Waals surface area (Å²) in [5.74, 6) is -0.479. The topological polar surface area (TPSA) is 58.6 Å². The summed E-state index contributed by atoms with van der Waals surface area (Å²) < 4.78 is 5.51. The Bertz CT molecular complexity index is 1180. The number of likely N-dealkylation sites (tertiary alicyclic amines) is 1. The number of ether oxygens (including phenoxy) is 1. The van der Waals surface area contributed by atoms with Crippen molar-refractivity contribution in [3.05, 3.63) is 107 Å². The van der Waals surface area contributed by atoms with Crippen molar-refractivity contribution in [2.24, 2.45) is 0 Å². The van der Waals surface area contributed by atoms with Gasteiger partial charge in [-0.2, -0.15) is 0 Å². The average Bonchev–Trinajstić information content (AvgIpc) is 3.50. The zero-order chi connectivity index (χ0) is 25.5. The van der Waals surface area contributed by atoms with Crippen LogP contribution in [-0.4, -0.2) is 41.4 Å². The van der Waals surface area contributed by atoms with E-state index < -0.39 is 0 Å². The van der Waals surface area contributed by atoms with Gasteiger partial charge in [0.05, 0.1) is 5.56 Å². The molecule has 192 valence electrons. The summed E-state index contributed by atoms with van der Waals surface area (Å²) in [5.41, 5.74) is 3.38. The summed E-state index contributed by atoms with van der Waals surface area (Å²) in [6, 6.07) is 27.3. The van der Waals surface area contributed by atoms with Crippen molar-refractivity contribution in [2.75, 3.05) is 13.1 Å². The highest BCUT2D eigenvalue weighted by Gasteiger charge is 2.41. The maximum atomic E-state index is 13.3. The molecule has 1 aliphatic heterocycles. The first kappa shape index (κ1) is 25.2. The Balaban J connectivity index is 1.21. The first-order valence-corrected chi connectivity index (χ1v) is 13.5. The molecule has 1 N–H and O–H groups in total. The second kappa shape index (κ2) is 11.7. The highest BCUT2D eigenvalue weighted by molar-refractivity contribution is 5.96. The lowest BCUT2D eigenvalue weighted by molar-refractivity contribution is 0.0469. The summed E-state index contributed by atoms with van der Waals surface area (Å²) in [7, 11) is 0. The molecule has 0 aromatic heterocycles. The number of hydrogen-bond acceptors (Lipinski definition) is 4. The second-order valence-corrected chi connectivity index (χ2v) is 10.4. The molecular formula is C32H36N2O3. The molecule has 1 saturated heterocycles. The van der Waals surface area contributed by atoms with Gasteiger partial charge in [-0.3, -0.25) is 9.69 Å². The minimum absolute atomic E-state index is 0.0666. The van der Waals surface area contributed by atoms with E-state index in [2.05, 4.69) is 40.5 Å². The molecule has 1 aliphatic carbocycles. The molecule has 0 atom stereocenters. The van der Waals surface area contributed by atoms with Crippen LogP contribution in [0.4, 0.5) is 0 Å². The number of hydrogen-bond donors (Lipinski definition) is 1. The van der Waals surface area contributed by atoms with Gasteiger partial charge in [0, 0.05) is 22.7 Å². The van der Waals surface area contributed by atoms with Gasteiger partial charge >= 0.3 is 5.97 Å². The number of nitrogens with zero attached hydrogens (tertiary/aromatic N) is 1. The summed E-state index contributed by atoms with van der Waals surface area (Å²) in [6.07, 6.45) is 7.75. The van der Waals surface area contributed by atoms with E-state index in [1.54, 1.807) is 24.3 Å². The fourth-order valence-electron chi connectivity index (χ4n) is 6.00. The van der Waals surface area contributed by atoms with Crippen LogP contribution in [0.5, 0.6) is 0 Å².